The molecule has 2 aromatic rings. The summed E-state index contributed by atoms with van der Waals surface area (Å²) in [5, 5.41) is 4.46. The summed E-state index contributed by atoms with van der Waals surface area (Å²) in [7, 11) is 1.88. The molecule has 1 nitrogen and oxygen atoms in total. The van der Waals surface area contributed by atoms with Crippen LogP contribution in [0.1, 0.15) is 11.1 Å². The zero-order valence-electron chi connectivity index (χ0n) is 11.5. The zero-order valence-corrected chi connectivity index (χ0v) is 13.7. The standard InChI is InChI=1S/C16H15Cl3FN/c1-21-12(6-10-2-4-13(17)15(19)8-10)7-11-3-5-14(18)16(20)9-11/h2-5,8-9,12,21H,6-7H2,1H3. The van der Waals surface area contributed by atoms with E-state index in [1.165, 1.54) is 6.07 Å². The van der Waals surface area contributed by atoms with E-state index in [-0.39, 0.29) is 11.1 Å². The molecule has 0 fully saturated rings. The summed E-state index contributed by atoms with van der Waals surface area (Å²) < 4.78 is 13.5. The fourth-order valence-corrected chi connectivity index (χ4v) is 2.62. The Balaban J connectivity index is 2.08. The van der Waals surface area contributed by atoms with Gasteiger partial charge in [0.15, 0.2) is 0 Å². The Hall–Kier alpha value is -0.800. The van der Waals surface area contributed by atoms with E-state index in [4.69, 9.17) is 34.8 Å². The summed E-state index contributed by atoms with van der Waals surface area (Å²) >= 11 is 17.6. The van der Waals surface area contributed by atoms with Crippen LogP contribution in [0.2, 0.25) is 15.1 Å². The third-order valence-electron chi connectivity index (χ3n) is 3.34. The minimum absolute atomic E-state index is 0.143. The Morgan fingerprint density at radius 3 is 2.00 bits per heavy atom. The van der Waals surface area contributed by atoms with Gasteiger partial charge in [0.2, 0.25) is 0 Å². The fourth-order valence-electron chi connectivity index (χ4n) is 2.18. The lowest BCUT2D eigenvalue weighted by molar-refractivity contribution is 0.553. The third kappa shape index (κ3) is 4.58. The lowest BCUT2D eigenvalue weighted by Crippen LogP contribution is -2.29. The molecule has 0 saturated heterocycles. The summed E-state index contributed by atoms with van der Waals surface area (Å²) in [5.74, 6) is -0.390. The average Bonchev–Trinajstić information content (AvgIpc) is 2.46. The van der Waals surface area contributed by atoms with Gasteiger partial charge in [-0.05, 0) is 55.3 Å². The van der Waals surface area contributed by atoms with Gasteiger partial charge in [0.25, 0.3) is 0 Å². The van der Waals surface area contributed by atoms with Crippen molar-refractivity contribution in [3.63, 3.8) is 0 Å². The van der Waals surface area contributed by atoms with Gasteiger partial charge in [-0.3, -0.25) is 0 Å². The molecule has 1 atom stereocenters. The highest BCUT2D eigenvalue weighted by Gasteiger charge is 2.11. The molecule has 0 bridgehead atoms. The molecule has 5 heteroatoms. The molecule has 0 aliphatic carbocycles. The number of benzene rings is 2. The van der Waals surface area contributed by atoms with E-state index in [0.29, 0.717) is 16.5 Å². The van der Waals surface area contributed by atoms with Crippen LogP contribution < -0.4 is 5.32 Å². The van der Waals surface area contributed by atoms with Crippen molar-refractivity contribution in [2.75, 3.05) is 7.05 Å². The molecule has 0 aliphatic rings. The second-order valence-corrected chi connectivity index (χ2v) is 6.11. The molecule has 1 N–H and O–H groups in total. The van der Waals surface area contributed by atoms with Crippen molar-refractivity contribution in [1.82, 2.24) is 5.32 Å². The first-order valence-corrected chi connectivity index (χ1v) is 7.68. The first-order valence-electron chi connectivity index (χ1n) is 6.54. The lowest BCUT2D eigenvalue weighted by atomic mass is 9.99. The number of hydrogen-bond acceptors (Lipinski definition) is 1. The summed E-state index contributed by atoms with van der Waals surface area (Å²) in [6.07, 6.45) is 1.47. The highest BCUT2D eigenvalue weighted by Crippen LogP contribution is 2.24. The maximum atomic E-state index is 13.5. The summed E-state index contributed by atoms with van der Waals surface area (Å²) in [6.45, 7) is 0. The van der Waals surface area contributed by atoms with Crippen LogP contribution in [0.25, 0.3) is 0 Å². The van der Waals surface area contributed by atoms with Crippen molar-refractivity contribution in [3.8, 4) is 0 Å². The van der Waals surface area contributed by atoms with Gasteiger partial charge in [-0.25, -0.2) is 4.39 Å². The Morgan fingerprint density at radius 1 is 0.905 bits per heavy atom. The molecule has 21 heavy (non-hydrogen) atoms. The summed E-state index contributed by atoms with van der Waals surface area (Å²) in [5.41, 5.74) is 1.98. The molecular formula is C16H15Cl3FN. The van der Waals surface area contributed by atoms with E-state index in [9.17, 15) is 4.39 Å². The number of nitrogens with one attached hydrogen (secondary N) is 1. The van der Waals surface area contributed by atoms with Crippen LogP contribution in [-0.4, -0.2) is 13.1 Å². The molecule has 112 valence electrons. The van der Waals surface area contributed by atoms with Gasteiger partial charge in [0.1, 0.15) is 5.82 Å². The molecule has 0 amide bonds. The highest BCUT2D eigenvalue weighted by molar-refractivity contribution is 6.42. The molecule has 0 heterocycles. The van der Waals surface area contributed by atoms with Crippen molar-refractivity contribution < 1.29 is 4.39 Å². The zero-order chi connectivity index (χ0) is 15.4. The van der Waals surface area contributed by atoms with E-state index >= 15 is 0 Å². The minimum Gasteiger partial charge on any atom is -0.316 e. The van der Waals surface area contributed by atoms with Gasteiger partial charge in [-0.2, -0.15) is 0 Å². The predicted octanol–water partition coefficient (Wildman–Crippen LogP) is 5.16. The normalized spacial score (nSPS) is 12.4. The quantitative estimate of drug-likeness (QED) is 0.788. The largest absolute Gasteiger partial charge is 0.316 e. The van der Waals surface area contributed by atoms with E-state index in [1.807, 2.05) is 25.2 Å². The SMILES string of the molecule is CNC(Cc1ccc(Cl)c(F)c1)Cc1ccc(Cl)c(Cl)c1. The Morgan fingerprint density at radius 2 is 1.48 bits per heavy atom. The molecule has 2 rings (SSSR count). The van der Waals surface area contributed by atoms with Crippen molar-refractivity contribution >= 4 is 34.8 Å². The predicted molar refractivity (Wildman–Crippen MR) is 88.1 cm³/mol. The van der Waals surface area contributed by atoms with Crippen LogP contribution in [0.4, 0.5) is 4.39 Å². The van der Waals surface area contributed by atoms with E-state index in [2.05, 4.69) is 5.32 Å². The van der Waals surface area contributed by atoms with E-state index in [1.54, 1.807) is 12.1 Å². The van der Waals surface area contributed by atoms with E-state index in [0.717, 1.165) is 17.5 Å². The highest BCUT2D eigenvalue weighted by atomic mass is 35.5. The first-order chi connectivity index (χ1) is 9.99. The Labute approximate surface area is 139 Å². The van der Waals surface area contributed by atoms with Crippen molar-refractivity contribution in [1.29, 1.82) is 0 Å². The monoisotopic (exact) mass is 345 g/mol. The van der Waals surface area contributed by atoms with Gasteiger partial charge in [0, 0.05) is 6.04 Å². The second-order valence-electron chi connectivity index (χ2n) is 4.89. The number of hydrogen-bond donors (Lipinski definition) is 1. The molecule has 0 spiro atoms. The minimum atomic E-state index is -0.390. The van der Waals surface area contributed by atoms with Crippen LogP contribution in [-0.2, 0) is 12.8 Å². The molecule has 0 aromatic heterocycles. The second kappa shape index (κ2) is 7.46. The third-order valence-corrected chi connectivity index (χ3v) is 4.39. The van der Waals surface area contributed by atoms with Gasteiger partial charge in [0.05, 0.1) is 15.1 Å². The van der Waals surface area contributed by atoms with Gasteiger partial charge in [-0.1, -0.05) is 46.9 Å². The van der Waals surface area contributed by atoms with Crippen LogP contribution in [0, 0.1) is 5.82 Å². The lowest BCUT2D eigenvalue weighted by Gasteiger charge is -2.17. The Kier molecular flexibility index (Phi) is 5.88. The topological polar surface area (TPSA) is 12.0 Å². The number of likely N-dealkylation sites (N-methyl/N-ethyl adjacent to an activating group) is 1. The van der Waals surface area contributed by atoms with Crippen molar-refractivity contribution in [2.45, 2.75) is 18.9 Å². The maximum Gasteiger partial charge on any atom is 0.142 e. The average molecular weight is 347 g/mol. The molecular weight excluding hydrogens is 332 g/mol. The smallest absolute Gasteiger partial charge is 0.142 e. The van der Waals surface area contributed by atoms with Crippen LogP contribution in [0.3, 0.4) is 0 Å². The Bertz CT molecular complexity index is 577. The number of halogens is 4. The maximum absolute atomic E-state index is 13.5. The molecule has 0 aliphatic heterocycles. The van der Waals surface area contributed by atoms with Crippen LogP contribution in [0.15, 0.2) is 36.4 Å². The van der Waals surface area contributed by atoms with Gasteiger partial charge in [-0.15, -0.1) is 0 Å². The van der Waals surface area contributed by atoms with Crippen molar-refractivity contribution in [3.05, 3.63) is 68.4 Å². The molecule has 0 radical (unpaired) electrons. The summed E-state index contributed by atoms with van der Waals surface area (Å²) in [4.78, 5) is 0. The van der Waals surface area contributed by atoms with Crippen molar-refractivity contribution in [2.24, 2.45) is 0 Å². The van der Waals surface area contributed by atoms with Gasteiger partial charge >= 0.3 is 0 Å². The molecule has 1 unspecified atom stereocenters. The van der Waals surface area contributed by atoms with Gasteiger partial charge < -0.3 is 5.32 Å². The number of rotatable bonds is 5. The van der Waals surface area contributed by atoms with Crippen LogP contribution >= 0.6 is 34.8 Å². The first kappa shape index (κ1) is 16.6. The molecule has 2 aromatic carbocycles. The fraction of sp³-hybridized carbons (Fsp3) is 0.250. The van der Waals surface area contributed by atoms with Crippen LogP contribution in [0.5, 0.6) is 0 Å². The van der Waals surface area contributed by atoms with E-state index < -0.39 is 5.82 Å². The summed E-state index contributed by atoms with van der Waals surface area (Å²) in [6, 6.07) is 10.7. The molecule has 0 saturated carbocycles.